The van der Waals surface area contributed by atoms with E-state index in [1.54, 1.807) is 11.0 Å². The van der Waals surface area contributed by atoms with Gasteiger partial charge in [-0.25, -0.2) is 0 Å². The van der Waals surface area contributed by atoms with Crippen molar-refractivity contribution in [2.45, 2.75) is 6.42 Å². The van der Waals surface area contributed by atoms with E-state index < -0.39 is 5.97 Å². The Labute approximate surface area is 136 Å². The van der Waals surface area contributed by atoms with E-state index in [0.717, 1.165) is 10.5 Å². The minimum atomic E-state index is -0.868. The number of halogens is 1. The number of benzene rings is 1. The molecule has 0 aromatic heterocycles. The first-order chi connectivity index (χ1) is 9.47. The summed E-state index contributed by atoms with van der Waals surface area (Å²) in [6.07, 6.45) is 1.91. The first-order valence-corrected chi connectivity index (χ1v) is 7.71. The predicted octanol–water partition coefficient (Wildman–Crippen LogP) is 3.82. The molecule has 0 atom stereocenters. The molecule has 0 saturated carbocycles. The Morgan fingerprint density at radius 2 is 2.20 bits per heavy atom. The summed E-state index contributed by atoms with van der Waals surface area (Å²) in [5.74, 6) is -0.868. The second-order valence-corrected chi connectivity index (χ2v) is 6.53. The van der Waals surface area contributed by atoms with Crippen LogP contribution in [0.15, 0.2) is 29.2 Å². The maximum atomic E-state index is 10.6. The van der Waals surface area contributed by atoms with Gasteiger partial charge in [0.05, 0.1) is 11.3 Å². The van der Waals surface area contributed by atoms with Gasteiger partial charge in [-0.15, -0.1) is 0 Å². The maximum absolute atomic E-state index is 10.6. The van der Waals surface area contributed by atoms with Gasteiger partial charge in [0.25, 0.3) is 0 Å². The number of carbonyl (C=O) groups is 1. The zero-order valence-electron chi connectivity index (χ0n) is 10.2. The van der Waals surface area contributed by atoms with Crippen molar-refractivity contribution in [1.29, 1.82) is 0 Å². The number of nitrogens with zero attached hydrogens (tertiary/aromatic N) is 1. The topological polar surface area (TPSA) is 40.5 Å². The van der Waals surface area contributed by atoms with Crippen LogP contribution in [0.3, 0.4) is 0 Å². The van der Waals surface area contributed by atoms with Crippen LogP contribution in [0.2, 0.25) is 5.02 Å². The number of carboxylic acids is 1. The van der Waals surface area contributed by atoms with Crippen LogP contribution in [0.25, 0.3) is 6.08 Å². The monoisotopic (exact) mass is 343 g/mol. The smallest absolute Gasteiger partial charge is 0.305 e. The van der Waals surface area contributed by atoms with Crippen molar-refractivity contribution in [2.75, 3.05) is 6.54 Å². The summed E-state index contributed by atoms with van der Waals surface area (Å²) >= 11 is 17.9. The van der Waals surface area contributed by atoms with Crippen LogP contribution in [0, 0.1) is 0 Å². The van der Waals surface area contributed by atoms with Crippen molar-refractivity contribution >= 4 is 69.2 Å². The highest BCUT2D eigenvalue weighted by Gasteiger charge is 2.28. The summed E-state index contributed by atoms with van der Waals surface area (Å²) in [6.45, 7) is 0.298. The molecular weight excluding hydrogens is 334 g/mol. The van der Waals surface area contributed by atoms with Crippen molar-refractivity contribution in [1.82, 2.24) is 4.90 Å². The van der Waals surface area contributed by atoms with E-state index in [9.17, 15) is 4.79 Å². The highest BCUT2D eigenvalue weighted by atomic mass is 35.5. The molecule has 104 valence electrons. The molecule has 20 heavy (non-hydrogen) atoms. The summed E-state index contributed by atoms with van der Waals surface area (Å²) in [5, 5.41) is 9.38. The summed E-state index contributed by atoms with van der Waals surface area (Å²) in [4.78, 5) is 13.7. The van der Waals surface area contributed by atoms with Gasteiger partial charge in [0.2, 0.25) is 0 Å². The first kappa shape index (κ1) is 15.4. The van der Waals surface area contributed by atoms with Gasteiger partial charge < -0.3 is 10.0 Å². The van der Waals surface area contributed by atoms with E-state index in [4.69, 9.17) is 41.1 Å². The molecule has 7 heteroatoms. The lowest BCUT2D eigenvalue weighted by Gasteiger charge is -2.14. The number of rotatable bonds is 4. The third kappa shape index (κ3) is 3.79. The fourth-order valence-corrected chi connectivity index (χ4v) is 3.65. The Hall–Kier alpha value is -0.950. The zero-order chi connectivity index (χ0) is 14.7. The molecule has 1 aromatic rings. The summed E-state index contributed by atoms with van der Waals surface area (Å²) < 4.78 is 0.588. The molecule has 2 rings (SSSR count). The maximum Gasteiger partial charge on any atom is 0.305 e. The Morgan fingerprint density at radius 3 is 2.85 bits per heavy atom. The second kappa shape index (κ2) is 6.67. The fourth-order valence-electron chi connectivity index (χ4n) is 1.65. The van der Waals surface area contributed by atoms with Crippen molar-refractivity contribution < 1.29 is 9.90 Å². The van der Waals surface area contributed by atoms with Gasteiger partial charge in [-0.1, -0.05) is 59.9 Å². The number of thioether (sulfide) groups is 1. The van der Waals surface area contributed by atoms with Crippen molar-refractivity contribution in [2.24, 2.45) is 0 Å². The SMILES string of the molecule is O=C(O)CCN1C(=S)S/C(=C/c2cccc(Cl)c2)C1=S. The van der Waals surface area contributed by atoms with Gasteiger partial charge in [0, 0.05) is 11.6 Å². The van der Waals surface area contributed by atoms with Crippen LogP contribution in [0.4, 0.5) is 0 Å². The molecule has 1 aliphatic heterocycles. The van der Waals surface area contributed by atoms with Crippen LogP contribution in [-0.4, -0.2) is 31.8 Å². The van der Waals surface area contributed by atoms with E-state index in [-0.39, 0.29) is 6.42 Å². The molecule has 0 spiro atoms. The van der Waals surface area contributed by atoms with Crippen LogP contribution in [-0.2, 0) is 4.79 Å². The number of thiocarbonyl (C=S) groups is 2. The molecule has 1 aliphatic rings. The van der Waals surface area contributed by atoms with E-state index >= 15 is 0 Å². The molecule has 3 nitrogen and oxygen atoms in total. The molecule has 0 bridgehead atoms. The summed E-state index contributed by atoms with van der Waals surface area (Å²) in [7, 11) is 0. The van der Waals surface area contributed by atoms with E-state index in [2.05, 4.69) is 0 Å². The normalized spacial score (nSPS) is 17.1. The lowest BCUT2D eigenvalue weighted by molar-refractivity contribution is -0.137. The number of aliphatic carboxylic acids is 1. The van der Waals surface area contributed by atoms with Crippen molar-refractivity contribution in [3.8, 4) is 0 Å². The third-order valence-corrected chi connectivity index (χ3v) is 4.77. The Bertz CT molecular complexity index is 615. The molecule has 0 unspecified atom stereocenters. The van der Waals surface area contributed by atoms with Gasteiger partial charge in [-0.05, 0) is 23.8 Å². The molecule has 1 aromatic carbocycles. The number of hydrogen-bond acceptors (Lipinski definition) is 4. The van der Waals surface area contributed by atoms with Crippen LogP contribution < -0.4 is 0 Å². The van der Waals surface area contributed by atoms with Crippen molar-refractivity contribution in [3.05, 3.63) is 39.8 Å². The van der Waals surface area contributed by atoms with Crippen LogP contribution in [0.5, 0.6) is 0 Å². The van der Waals surface area contributed by atoms with Gasteiger partial charge in [-0.3, -0.25) is 4.79 Å². The van der Waals surface area contributed by atoms with E-state index in [1.165, 1.54) is 11.8 Å². The highest BCUT2D eigenvalue weighted by Crippen LogP contribution is 2.33. The molecule has 0 radical (unpaired) electrons. The highest BCUT2D eigenvalue weighted by molar-refractivity contribution is 8.27. The molecule has 1 fully saturated rings. The minimum absolute atomic E-state index is 0.00524. The van der Waals surface area contributed by atoms with Crippen LogP contribution >= 0.6 is 47.8 Å². The van der Waals surface area contributed by atoms with Gasteiger partial charge >= 0.3 is 5.97 Å². The number of hydrogen-bond donors (Lipinski definition) is 1. The third-order valence-electron chi connectivity index (χ3n) is 2.57. The minimum Gasteiger partial charge on any atom is -0.481 e. The predicted molar refractivity (Wildman–Crippen MR) is 91.2 cm³/mol. The molecule has 1 saturated heterocycles. The fraction of sp³-hybridized carbons (Fsp3) is 0.154. The average Bonchev–Trinajstić information content (AvgIpc) is 2.62. The summed E-state index contributed by atoms with van der Waals surface area (Å²) in [5.41, 5.74) is 0.935. The van der Waals surface area contributed by atoms with Gasteiger partial charge in [-0.2, -0.15) is 0 Å². The van der Waals surface area contributed by atoms with E-state index in [1.807, 2.05) is 24.3 Å². The first-order valence-electron chi connectivity index (χ1n) is 5.70. The molecular formula is C13H10ClNO2S3. The molecule has 0 aliphatic carbocycles. The quantitative estimate of drug-likeness (QED) is 0.662. The largest absolute Gasteiger partial charge is 0.481 e. The van der Waals surface area contributed by atoms with Crippen LogP contribution in [0.1, 0.15) is 12.0 Å². The number of carboxylic acid groups (broad SMARTS) is 1. The lowest BCUT2D eigenvalue weighted by atomic mass is 10.2. The Balaban J connectivity index is 2.17. The van der Waals surface area contributed by atoms with Gasteiger partial charge in [0.1, 0.15) is 9.31 Å². The molecule has 1 heterocycles. The van der Waals surface area contributed by atoms with Crippen molar-refractivity contribution in [3.63, 3.8) is 0 Å². The Kier molecular flexibility index (Phi) is 5.15. The van der Waals surface area contributed by atoms with Gasteiger partial charge in [0.15, 0.2) is 0 Å². The average molecular weight is 344 g/mol. The lowest BCUT2D eigenvalue weighted by Crippen LogP contribution is -2.29. The Morgan fingerprint density at radius 1 is 1.45 bits per heavy atom. The zero-order valence-corrected chi connectivity index (χ0v) is 13.4. The standard InChI is InChI=1S/C13H10ClNO2S3/c14-9-3-1-2-8(6-9)7-10-12(18)15(13(19)20-10)5-4-11(16)17/h1-3,6-7H,4-5H2,(H,16,17)/b10-7+. The molecule has 0 amide bonds. The second-order valence-electron chi connectivity index (χ2n) is 4.03. The van der Waals surface area contributed by atoms with E-state index in [0.29, 0.717) is 20.9 Å². The molecule has 1 N–H and O–H groups in total. The summed E-state index contributed by atoms with van der Waals surface area (Å²) in [6, 6.07) is 7.41.